The van der Waals surface area contributed by atoms with Crippen molar-refractivity contribution in [3.05, 3.63) is 0 Å². The molecule has 0 aromatic rings. The standard InChI is InChI=1S/C12H21Br/c13-12(9-5-2-6-10-12)11-7-3-1-4-8-11/h11H,1-10H2. The molecule has 0 aliphatic heterocycles. The van der Waals surface area contributed by atoms with Crippen molar-refractivity contribution in [2.75, 3.05) is 0 Å². The maximum Gasteiger partial charge on any atom is 0.0286 e. The predicted octanol–water partition coefficient (Wildman–Crippen LogP) is 4.66. The van der Waals surface area contributed by atoms with Crippen LogP contribution in [-0.4, -0.2) is 4.32 Å². The molecule has 2 aliphatic carbocycles. The van der Waals surface area contributed by atoms with Gasteiger partial charge in [-0.2, -0.15) is 0 Å². The molecule has 2 saturated carbocycles. The molecule has 0 atom stereocenters. The van der Waals surface area contributed by atoms with Gasteiger partial charge in [0.05, 0.1) is 0 Å². The predicted molar refractivity (Wildman–Crippen MR) is 61.3 cm³/mol. The van der Waals surface area contributed by atoms with Gasteiger partial charge < -0.3 is 0 Å². The van der Waals surface area contributed by atoms with Crippen molar-refractivity contribution < 1.29 is 0 Å². The Morgan fingerprint density at radius 1 is 0.769 bits per heavy atom. The summed E-state index contributed by atoms with van der Waals surface area (Å²) in [7, 11) is 0. The Bertz CT molecular complexity index is 153. The highest BCUT2D eigenvalue weighted by molar-refractivity contribution is 9.10. The van der Waals surface area contributed by atoms with Gasteiger partial charge in [0.25, 0.3) is 0 Å². The lowest BCUT2D eigenvalue weighted by atomic mass is 9.73. The molecular formula is C12H21Br. The summed E-state index contributed by atoms with van der Waals surface area (Å²) in [6.07, 6.45) is 14.7. The second kappa shape index (κ2) is 4.33. The third-order valence-corrected chi connectivity index (χ3v) is 5.46. The van der Waals surface area contributed by atoms with Gasteiger partial charge in [0.1, 0.15) is 0 Å². The first-order valence-corrected chi connectivity index (χ1v) is 6.79. The molecule has 0 unspecified atom stereocenters. The van der Waals surface area contributed by atoms with E-state index in [1.165, 1.54) is 64.2 Å². The van der Waals surface area contributed by atoms with E-state index in [2.05, 4.69) is 15.9 Å². The van der Waals surface area contributed by atoms with Crippen LogP contribution in [0.25, 0.3) is 0 Å². The summed E-state index contributed by atoms with van der Waals surface area (Å²) in [5.41, 5.74) is 0. The molecule has 0 N–H and O–H groups in total. The molecule has 1 heteroatoms. The van der Waals surface area contributed by atoms with Gasteiger partial charge in [-0.1, -0.05) is 54.5 Å². The van der Waals surface area contributed by atoms with Gasteiger partial charge in [-0.25, -0.2) is 0 Å². The molecule has 0 aromatic carbocycles. The number of alkyl halides is 1. The average Bonchev–Trinajstić information content (AvgIpc) is 2.20. The normalized spacial score (nSPS) is 30.2. The van der Waals surface area contributed by atoms with Crippen molar-refractivity contribution in [2.24, 2.45) is 5.92 Å². The van der Waals surface area contributed by atoms with Crippen molar-refractivity contribution in [1.29, 1.82) is 0 Å². The summed E-state index contributed by atoms with van der Waals surface area (Å²) in [5.74, 6) is 1.00. The molecule has 0 spiro atoms. The smallest absolute Gasteiger partial charge is 0.0286 e. The average molecular weight is 245 g/mol. The van der Waals surface area contributed by atoms with Crippen LogP contribution in [0.3, 0.4) is 0 Å². The molecule has 0 saturated heterocycles. The van der Waals surface area contributed by atoms with Crippen LogP contribution in [0.2, 0.25) is 0 Å². The first kappa shape index (κ1) is 10.0. The minimum Gasteiger partial charge on any atom is -0.0850 e. The monoisotopic (exact) mass is 244 g/mol. The highest BCUT2D eigenvalue weighted by atomic mass is 79.9. The van der Waals surface area contributed by atoms with Gasteiger partial charge in [0.15, 0.2) is 0 Å². The van der Waals surface area contributed by atoms with E-state index in [9.17, 15) is 0 Å². The van der Waals surface area contributed by atoms with Crippen molar-refractivity contribution in [3.63, 3.8) is 0 Å². The highest BCUT2D eigenvalue weighted by Crippen LogP contribution is 2.47. The molecule has 0 bridgehead atoms. The van der Waals surface area contributed by atoms with Crippen LogP contribution in [0.4, 0.5) is 0 Å². The van der Waals surface area contributed by atoms with Crippen LogP contribution in [0.15, 0.2) is 0 Å². The molecule has 13 heavy (non-hydrogen) atoms. The molecule has 0 nitrogen and oxygen atoms in total. The van der Waals surface area contributed by atoms with Crippen LogP contribution in [0, 0.1) is 5.92 Å². The van der Waals surface area contributed by atoms with E-state index in [0.29, 0.717) is 4.32 Å². The van der Waals surface area contributed by atoms with E-state index in [0.717, 1.165) is 5.92 Å². The van der Waals surface area contributed by atoms with E-state index in [4.69, 9.17) is 0 Å². The van der Waals surface area contributed by atoms with Gasteiger partial charge >= 0.3 is 0 Å². The topological polar surface area (TPSA) is 0 Å². The highest BCUT2D eigenvalue weighted by Gasteiger charge is 2.37. The lowest BCUT2D eigenvalue weighted by Gasteiger charge is -2.41. The van der Waals surface area contributed by atoms with E-state index in [1.54, 1.807) is 0 Å². The SMILES string of the molecule is BrC1(C2CCCCC2)CCCCC1. The van der Waals surface area contributed by atoms with Gasteiger partial charge in [0.2, 0.25) is 0 Å². The van der Waals surface area contributed by atoms with Gasteiger partial charge in [-0.05, 0) is 31.6 Å². The molecular weight excluding hydrogens is 224 g/mol. The minimum absolute atomic E-state index is 0.561. The summed E-state index contributed by atoms with van der Waals surface area (Å²) in [5, 5.41) is 0. The van der Waals surface area contributed by atoms with Crippen molar-refractivity contribution >= 4 is 15.9 Å². The molecule has 0 heterocycles. The zero-order valence-corrected chi connectivity index (χ0v) is 10.1. The molecule has 2 fully saturated rings. The van der Waals surface area contributed by atoms with E-state index in [1.807, 2.05) is 0 Å². The fraction of sp³-hybridized carbons (Fsp3) is 1.00. The number of hydrogen-bond donors (Lipinski definition) is 0. The van der Waals surface area contributed by atoms with Crippen LogP contribution < -0.4 is 0 Å². The van der Waals surface area contributed by atoms with Crippen LogP contribution >= 0.6 is 15.9 Å². The second-order valence-corrected chi connectivity index (χ2v) is 6.51. The van der Waals surface area contributed by atoms with Gasteiger partial charge in [-0.3, -0.25) is 0 Å². The molecule has 0 amide bonds. The quantitative estimate of drug-likeness (QED) is 0.589. The third kappa shape index (κ3) is 2.29. The van der Waals surface area contributed by atoms with Crippen LogP contribution in [0.5, 0.6) is 0 Å². The van der Waals surface area contributed by atoms with Gasteiger partial charge in [0, 0.05) is 4.32 Å². The summed E-state index contributed by atoms with van der Waals surface area (Å²) in [6.45, 7) is 0. The molecule has 2 aliphatic rings. The fourth-order valence-corrected chi connectivity index (χ4v) is 4.19. The number of hydrogen-bond acceptors (Lipinski definition) is 0. The summed E-state index contributed by atoms with van der Waals surface area (Å²) in [4.78, 5) is 0. The Labute approximate surface area is 90.6 Å². The number of halogens is 1. The molecule has 2 rings (SSSR count). The van der Waals surface area contributed by atoms with E-state index >= 15 is 0 Å². The maximum absolute atomic E-state index is 4.06. The minimum atomic E-state index is 0.561. The Balaban J connectivity index is 1.94. The summed E-state index contributed by atoms with van der Waals surface area (Å²) in [6, 6.07) is 0. The summed E-state index contributed by atoms with van der Waals surface area (Å²) < 4.78 is 0.561. The van der Waals surface area contributed by atoms with E-state index in [-0.39, 0.29) is 0 Å². The van der Waals surface area contributed by atoms with Crippen LogP contribution in [-0.2, 0) is 0 Å². The molecule has 76 valence electrons. The second-order valence-electron chi connectivity index (χ2n) is 4.93. The molecule has 0 aromatic heterocycles. The zero-order valence-electron chi connectivity index (χ0n) is 8.53. The number of rotatable bonds is 1. The fourth-order valence-electron chi connectivity index (χ4n) is 3.17. The Morgan fingerprint density at radius 2 is 1.31 bits per heavy atom. The lowest BCUT2D eigenvalue weighted by Crippen LogP contribution is -2.34. The third-order valence-electron chi connectivity index (χ3n) is 4.02. The summed E-state index contributed by atoms with van der Waals surface area (Å²) >= 11 is 4.06. The van der Waals surface area contributed by atoms with E-state index < -0.39 is 0 Å². The largest absolute Gasteiger partial charge is 0.0850 e. The van der Waals surface area contributed by atoms with Crippen molar-refractivity contribution in [2.45, 2.75) is 68.5 Å². The van der Waals surface area contributed by atoms with Crippen molar-refractivity contribution in [3.8, 4) is 0 Å². The zero-order chi connectivity index (χ0) is 9.15. The van der Waals surface area contributed by atoms with Crippen molar-refractivity contribution in [1.82, 2.24) is 0 Å². The first-order valence-electron chi connectivity index (χ1n) is 6.00. The molecule has 0 radical (unpaired) electrons. The Kier molecular flexibility index (Phi) is 3.34. The Hall–Kier alpha value is 0.480. The lowest BCUT2D eigenvalue weighted by molar-refractivity contribution is 0.233. The Morgan fingerprint density at radius 3 is 1.92 bits per heavy atom. The first-order chi connectivity index (χ1) is 6.31. The van der Waals surface area contributed by atoms with Gasteiger partial charge in [-0.15, -0.1) is 0 Å². The van der Waals surface area contributed by atoms with Crippen LogP contribution in [0.1, 0.15) is 64.2 Å². The maximum atomic E-state index is 4.06.